The molecule has 2 aromatic rings. The van der Waals surface area contributed by atoms with E-state index in [4.69, 9.17) is 11.6 Å². The fourth-order valence-corrected chi connectivity index (χ4v) is 3.28. The van der Waals surface area contributed by atoms with Crippen molar-refractivity contribution in [2.75, 3.05) is 0 Å². The van der Waals surface area contributed by atoms with Crippen LogP contribution >= 0.6 is 11.6 Å². The van der Waals surface area contributed by atoms with E-state index >= 15 is 0 Å². The van der Waals surface area contributed by atoms with Crippen LogP contribution in [0.1, 0.15) is 49.3 Å². The van der Waals surface area contributed by atoms with E-state index in [1.807, 2.05) is 0 Å². The van der Waals surface area contributed by atoms with Crippen LogP contribution in [-0.2, 0) is 6.18 Å². The Labute approximate surface area is 137 Å². The molecule has 2 nitrogen and oxygen atoms in total. The summed E-state index contributed by atoms with van der Waals surface area (Å²) in [6, 6.07) is 7.02. The summed E-state index contributed by atoms with van der Waals surface area (Å²) in [4.78, 5) is 8.43. The molecule has 1 fully saturated rings. The Morgan fingerprint density at radius 3 is 2.39 bits per heavy atom. The van der Waals surface area contributed by atoms with Crippen LogP contribution in [0.2, 0.25) is 5.15 Å². The Morgan fingerprint density at radius 1 is 1.00 bits per heavy atom. The van der Waals surface area contributed by atoms with Crippen LogP contribution in [0, 0.1) is 0 Å². The van der Waals surface area contributed by atoms with Gasteiger partial charge in [0.2, 0.25) is 0 Å². The first-order chi connectivity index (χ1) is 10.9. The van der Waals surface area contributed by atoms with E-state index in [0.29, 0.717) is 0 Å². The van der Waals surface area contributed by atoms with Gasteiger partial charge < -0.3 is 0 Å². The smallest absolute Gasteiger partial charge is 0.233 e. The molecular weight excluding hydrogens is 325 g/mol. The lowest BCUT2D eigenvalue weighted by Gasteiger charge is -2.21. The third-order valence-electron chi connectivity index (χ3n) is 4.21. The molecule has 0 N–H and O–H groups in total. The molecule has 0 radical (unpaired) electrons. The molecule has 0 amide bonds. The number of alkyl halides is 3. The van der Waals surface area contributed by atoms with Gasteiger partial charge in [-0.3, -0.25) is 0 Å². The van der Waals surface area contributed by atoms with E-state index in [2.05, 4.69) is 9.97 Å². The molecule has 0 saturated heterocycles. The highest BCUT2D eigenvalue weighted by Crippen LogP contribution is 2.37. The van der Waals surface area contributed by atoms with Crippen LogP contribution < -0.4 is 0 Å². The van der Waals surface area contributed by atoms with Gasteiger partial charge in [0.1, 0.15) is 5.15 Å². The van der Waals surface area contributed by atoms with E-state index < -0.39 is 11.7 Å². The van der Waals surface area contributed by atoms with Crippen molar-refractivity contribution in [2.24, 2.45) is 0 Å². The van der Waals surface area contributed by atoms with Crippen molar-refractivity contribution in [3.05, 3.63) is 46.7 Å². The molecule has 6 heteroatoms. The summed E-state index contributed by atoms with van der Waals surface area (Å²) >= 11 is 6.05. The van der Waals surface area contributed by atoms with E-state index in [1.54, 1.807) is 12.1 Å². The van der Waals surface area contributed by atoms with E-state index in [9.17, 15) is 13.2 Å². The standard InChI is InChI=1S/C17H16ClF3N2/c18-15-10-14(11-6-2-1-3-7-11)22-16(23-15)12-8-4-5-9-13(12)17(19,20)21/h4-5,8-11H,1-3,6-7H2. The lowest BCUT2D eigenvalue weighted by molar-refractivity contribution is -0.137. The minimum Gasteiger partial charge on any atom is -0.233 e. The summed E-state index contributed by atoms with van der Waals surface area (Å²) in [7, 11) is 0. The molecule has 3 rings (SSSR count). The highest BCUT2D eigenvalue weighted by atomic mass is 35.5. The van der Waals surface area contributed by atoms with Crippen molar-refractivity contribution >= 4 is 11.6 Å². The van der Waals surface area contributed by atoms with Gasteiger partial charge in [0.05, 0.1) is 5.56 Å². The second-order valence-corrected chi connectivity index (χ2v) is 6.20. The molecule has 1 aromatic carbocycles. The van der Waals surface area contributed by atoms with Crippen LogP contribution in [0.25, 0.3) is 11.4 Å². The molecule has 0 unspecified atom stereocenters. The first-order valence-electron chi connectivity index (χ1n) is 7.66. The Bertz CT molecular complexity index is 694. The monoisotopic (exact) mass is 340 g/mol. The average Bonchev–Trinajstić information content (AvgIpc) is 2.54. The van der Waals surface area contributed by atoms with Crippen molar-refractivity contribution in [3.8, 4) is 11.4 Å². The highest BCUT2D eigenvalue weighted by molar-refractivity contribution is 6.29. The van der Waals surface area contributed by atoms with Crippen LogP contribution in [0.15, 0.2) is 30.3 Å². The largest absolute Gasteiger partial charge is 0.417 e. The number of rotatable bonds is 2. The van der Waals surface area contributed by atoms with Gasteiger partial charge in [-0.15, -0.1) is 0 Å². The van der Waals surface area contributed by atoms with Crippen LogP contribution in [0.4, 0.5) is 13.2 Å². The van der Waals surface area contributed by atoms with Gasteiger partial charge in [-0.05, 0) is 25.0 Å². The number of benzene rings is 1. The van der Waals surface area contributed by atoms with Crippen molar-refractivity contribution < 1.29 is 13.2 Å². The molecule has 0 aliphatic heterocycles. The lowest BCUT2D eigenvalue weighted by Crippen LogP contribution is -2.10. The zero-order chi connectivity index (χ0) is 16.4. The molecule has 1 aliphatic carbocycles. The minimum atomic E-state index is -4.45. The number of hydrogen-bond acceptors (Lipinski definition) is 2. The van der Waals surface area contributed by atoms with E-state index in [-0.39, 0.29) is 22.5 Å². The van der Waals surface area contributed by atoms with Gasteiger partial charge >= 0.3 is 6.18 Å². The second-order valence-electron chi connectivity index (χ2n) is 5.82. The summed E-state index contributed by atoms with van der Waals surface area (Å²) in [5.41, 5.74) is -0.0203. The third-order valence-corrected chi connectivity index (χ3v) is 4.41. The van der Waals surface area contributed by atoms with Crippen LogP contribution in [-0.4, -0.2) is 9.97 Å². The number of nitrogens with zero attached hydrogens (tertiary/aromatic N) is 2. The number of hydrogen-bond donors (Lipinski definition) is 0. The van der Waals surface area contributed by atoms with Gasteiger partial charge in [0.25, 0.3) is 0 Å². The Balaban J connectivity index is 2.05. The fraction of sp³-hybridized carbons (Fsp3) is 0.412. The predicted molar refractivity (Wildman–Crippen MR) is 83.3 cm³/mol. The van der Waals surface area contributed by atoms with E-state index in [0.717, 1.165) is 37.4 Å². The van der Waals surface area contributed by atoms with Gasteiger partial charge in [-0.1, -0.05) is 49.1 Å². The normalized spacial score (nSPS) is 16.5. The average molecular weight is 341 g/mol. The van der Waals surface area contributed by atoms with Gasteiger partial charge in [-0.25, -0.2) is 9.97 Å². The quantitative estimate of drug-likeness (QED) is 0.639. The molecule has 122 valence electrons. The van der Waals surface area contributed by atoms with Crippen molar-refractivity contribution in [2.45, 2.75) is 44.2 Å². The summed E-state index contributed by atoms with van der Waals surface area (Å²) in [5, 5.41) is 0.188. The Kier molecular flexibility index (Phi) is 4.57. The number of halogens is 4. The van der Waals surface area contributed by atoms with Crippen molar-refractivity contribution in [1.29, 1.82) is 0 Å². The van der Waals surface area contributed by atoms with Crippen molar-refractivity contribution in [3.63, 3.8) is 0 Å². The minimum absolute atomic E-state index is 0.0282. The van der Waals surface area contributed by atoms with E-state index in [1.165, 1.54) is 18.6 Å². The molecule has 1 aliphatic rings. The maximum Gasteiger partial charge on any atom is 0.417 e. The Hall–Kier alpha value is -1.62. The summed E-state index contributed by atoms with van der Waals surface area (Å²) in [6.07, 6.45) is 0.954. The summed E-state index contributed by atoms with van der Waals surface area (Å²) < 4.78 is 39.6. The molecule has 1 heterocycles. The molecule has 1 aromatic heterocycles. The van der Waals surface area contributed by atoms with Crippen LogP contribution in [0.3, 0.4) is 0 Å². The second kappa shape index (κ2) is 6.48. The molecule has 23 heavy (non-hydrogen) atoms. The fourth-order valence-electron chi connectivity index (χ4n) is 3.09. The summed E-state index contributed by atoms with van der Waals surface area (Å²) in [5.74, 6) is 0.298. The molecule has 0 spiro atoms. The zero-order valence-electron chi connectivity index (χ0n) is 12.4. The predicted octanol–water partition coefficient (Wildman–Crippen LogP) is 5.86. The number of aromatic nitrogens is 2. The first kappa shape index (κ1) is 16.2. The maximum atomic E-state index is 13.2. The topological polar surface area (TPSA) is 25.8 Å². The van der Waals surface area contributed by atoms with Crippen LogP contribution in [0.5, 0.6) is 0 Å². The first-order valence-corrected chi connectivity index (χ1v) is 8.04. The maximum absolute atomic E-state index is 13.2. The zero-order valence-corrected chi connectivity index (χ0v) is 13.2. The highest BCUT2D eigenvalue weighted by Gasteiger charge is 2.34. The summed E-state index contributed by atoms with van der Waals surface area (Å²) in [6.45, 7) is 0. The SMILES string of the molecule is FC(F)(F)c1ccccc1-c1nc(Cl)cc(C2CCCCC2)n1. The molecule has 1 saturated carbocycles. The van der Waals surface area contributed by atoms with Gasteiger partial charge in [0, 0.05) is 17.2 Å². The van der Waals surface area contributed by atoms with Gasteiger partial charge in [0.15, 0.2) is 5.82 Å². The Morgan fingerprint density at radius 2 is 1.70 bits per heavy atom. The molecular formula is C17H16ClF3N2. The van der Waals surface area contributed by atoms with Gasteiger partial charge in [-0.2, -0.15) is 13.2 Å². The van der Waals surface area contributed by atoms with Crippen molar-refractivity contribution in [1.82, 2.24) is 9.97 Å². The molecule has 0 atom stereocenters. The lowest BCUT2D eigenvalue weighted by atomic mass is 9.87. The molecule has 0 bridgehead atoms. The third kappa shape index (κ3) is 3.66.